The number of anilines is 1. The van der Waals surface area contributed by atoms with Gasteiger partial charge in [0.15, 0.2) is 11.0 Å². The van der Waals surface area contributed by atoms with Crippen molar-refractivity contribution in [2.24, 2.45) is 4.99 Å². The van der Waals surface area contributed by atoms with E-state index < -0.39 is 0 Å². The lowest BCUT2D eigenvalue weighted by atomic mass is 10.2. The number of carbonyl (C=O) groups is 1. The highest BCUT2D eigenvalue weighted by atomic mass is 32.2. The first-order valence-electron chi connectivity index (χ1n) is 10.9. The van der Waals surface area contributed by atoms with Crippen LogP contribution in [0.3, 0.4) is 0 Å². The van der Waals surface area contributed by atoms with Gasteiger partial charge in [-0.1, -0.05) is 78.5 Å². The minimum Gasteiger partial charge on any atom is -0.337 e. The molecule has 4 aromatic rings. The minimum atomic E-state index is -0.0324. The second kappa shape index (κ2) is 8.66. The molecule has 1 amide bonds. The molecule has 0 radical (unpaired) electrons. The van der Waals surface area contributed by atoms with Crippen LogP contribution in [0.4, 0.5) is 11.5 Å². The molecular weight excluding hydrogens is 460 g/mol. The van der Waals surface area contributed by atoms with Crippen LogP contribution in [-0.4, -0.2) is 28.0 Å². The number of aromatic nitrogens is 1. The summed E-state index contributed by atoms with van der Waals surface area (Å²) in [4.78, 5) is 28.9. The van der Waals surface area contributed by atoms with E-state index in [0.717, 1.165) is 31.9 Å². The average Bonchev–Trinajstić information content (AvgIpc) is 3.36. The van der Waals surface area contributed by atoms with E-state index in [4.69, 9.17) is 4.99 Å². The maximum Gasteiger partial charge on any atom is 0.269 e. The smallest absolute Gasteiger partial charge is 0.269 e. The lowest BCUT2D eigenvalue weighted by Crippen LogP contribution is -2.29. The molecule has 0 atom stereocenters. The van der Waals surface area contributed by atoms with E-state index in [1.807, 2.05) is 79.8 Å². The van der Waals surface area contributed by atoms with E-state index >= 15 is 0 Å². The third-order valence-electron chi connectivity index (χ3n) is 5.83. The number of thioether (sulfide) groups is 2. The predicted molar refractivity (Wildman–Crippen MR) is 141 cm³/mol. The standard InChI is InChI=1S/C27H20N4OS2/c1-30-21-13-7-8-14-22(21)33-26(30)23-25(32)31(17-18-9-3-2-4-10-18)27(34-23)29-24-20-12-6-5-11-19(20)15-16-28-24/h2-16H,17H2,1H3/b26-23-,29-27-. The van der Waals surface area contributed by atoms with E-state index in [2.05, 4.69) is 22.0 Å². The number of benzene rings is 3. The van der Waals surface area contributed by atoms with Crippen LogP contribution in [0.2, 0.25) is 0 Å². The lowest BCUT2D eigenvalue weighted by Gasteiger charge is -2.17. The quantitative estimate of drug-likeness (QED) is 0.317. The van der Waals surface area contributed by atoms with Crippen molar-refractivity contribution in [1.82, 2.24) is 9.88 Å². The summed E-state index contributed by atoms with van der Waals surface area (Å²) < 4.78 is 0. The topological polar surface area (TPSA) is 48.8 Å². The Morgan fingerprint density at radius 1 is 0.882 bits per heavy atom. The monoisotopic (exact) mass is 480 g/mol. The Bertz CT molecular complexity index is 1480. The molecule has 5 nitrogen and oxygen atoms in total. The Balaban J connectivity index is 1.45. The molecular formula is C27H20N4OS2. The zero-order chi connectivity index (χ0) is 23.1. The van der Waals surface area contributed by atoms with Crippen molar-refractivity contribution in [2.75, 3.05) is 11.9 Å². The number of pyridine rings is 1. The van der Waals surface area contributed by atoms with E-state index in [9.17, 15) is 4.79 Å². The van der Waals surface area contributed by atoms with Crippen molar-refractivity contribution < 1.29 is 4.79 Å². The van der Waals surface area contributed by atoms with Gasteiger partial charge in [-0.25, -0.2) is 9.98 Å². The third-order valence-corrected chi connectivity index (χ3v) is 8.27. The van der Waals surface area contributed by atoms with Gasteiger partial charge in [0.1, 0.15) is 4.91 Å². The molecule has 1 fully saturated rings. The lowest BCUT2D eigenvalue weighted by molar-refractivity contribution is -0.122. The zero-order valence-corrected chi connectivity index (χ0v) is 20.0. The van der Waals surface area contributed by atoms with E-state index in [1.54, 1.807) is 22.9 Å². The van der Waals surface area contributed by atoms with Crippen molar-refractivity contribution in [3.05, 3.63) is 107 Å². The Hall–Kier alpha value is -3.55. The Morgan fingerprint density at radius 3 is 2.50 bits per heavy atom. The van der Waals surface area contributed by atoms with Gasteiger partial charge in [-0.05, 0) is 40.9 Å². The van der Waals surface area contributed by atoms with Gasteiger partial charge in [0.2, 0.25) is 0 Å². The summed E-state index contributed by atoms with van der Waals surface area (Å²) in [6.07, 6.45) is 1.77. The molecule has 0 unspecified atom stereocenters. The number of rotatable bonds is 3. The molecule has 6 rings (SSSR count). The van der Waals surface area contributed by atoms with Gasteiger partial charge < -0.3 is 4.90 Å². The number of fused-ring (bicyclic) bond motifs is 2. The second-order valence-electron chi connectivity index (χ2n) is 7.99. The van der Waals surface area contributed by atoms with Crippen LogP contribution < -0.4 is 4.90 Å². The van der Waals surface area contributed by atoms with Crippen molar-refractivity contribution in [3.63, 3.8) is 0 Å². The number of carbonyl (C=O) groups excluding carboxylic acids is 1. The summed E-state index contributed by atoms with van der Waals surface area (Å²) in [6, 6.07) is 28.3. The zero-order valence-electron chi connectivity index (χ0n) is 18.4. The van der Waals surface area contributed by atoms with Gasteiger partial charge in [0.25, 0.3) is 5.91 Å². The molecule has 7 heteroatoms. The molecule has 3 heterocycles. The van der Waals surface area contributed by atoms with Gasteiger partial charge in [-0.15, -0.1) is 0 Å². The molecule has 2 aliphatic rings. The summed E-state index contributed by atoms with van der Waals surface area (Å²) >= 11 is 3.06. The van der Waals surface area contributed by atoms with Gasteiger partial charge in [0, 0.05) is 23.5 Å². The number of nitrogens with zero attached hydrogens (tertiary/aromatic N) is 4. The SMILES string of the molecule is CN1/C(=C2/S/C(=N\c3nccc4ccccc34)N(Cc3ccccc3)C2=O)Sc2ccccc21. The van der Waals surface area contributed by atoms with Crippen LogP contribution in [0, 0.1) is 0 Å². The highest BCUT2D eigenvalue weighted by molar-refractivity contribution is 8.19. The first-order valence-corrected chi connectivity index (χ1v) is 12.5. The summed E-state index contributed by atoms with van der Waals surface area (Å²) in [5, 5.41) is 3.61. The van der Waals surface area contributed by atoms with Crippen LogP contribution >= 0.6 is 23.5 Å². The molecule has 2 aliphatic heterocycles. The van der Waals surface area contributed by atoms with Crippen molar-refractivity contribution in [3.8, 4) is 0 Å². The Morgan fingerprint density at radius 2 is 1.65 bits per heavy atom. The number of aliphatic imine (C=N–C) groups is 1. The van der Waals surface area contributed by atoms with Gasteiger partial charge in [-0.2, -0.15) is 0 Å². The Kier molecular flexibility index (Phi) is 5.36. The summed E-state index contributed by atoms with van der Waals surface area (Å²) in [5.74, 6) is 0.587. The second-order valence-corrected chi connectivity index (χ2v) is 10.0. The van der Waals surface area contributed by atoms with Crippen LogP contribution in [-0.2, 0) is 11.3 Å². The minimum absolute atomic E-state index is 0.0324. The highest BCUT2D eigenvalue weighted by Gasteiger charge is 2.39. The van der Waals surface area contributed by atoms with Gasteiger partial charge in [0.05, 0.1) is 17.3 Å². The average molecular weight is 481 g/mol. The van der Waals surface area contributed by atoms with Crippen LogP contribution in [0.25, 0.3) is 10.8 Å². The van der Waals surface area contributed by atoms with Crippen molar-refractivity contribution in [1.29, 1.82) is 0 Å². The van der Waals surface area contributed by atoms with Crippen LogP contribution in [0.15, 0.2) is 111 Å². The fourth-order valence-electron chi connectivity index (χ4n) is 4.11. The summed E-state index contributed by atoms with van der Waals surface area (Å²) in [5.41, 5.74) is 2.16. The molecule has 0 bridgehead atoms. The summed E-state index contributed by atoms with van der Waals surface area (Å²) in [6.45, 7) is 0.453. The largest absolute Gasteiger partial charge is 0.337 e. The van der Waals surface area contributed by atoms with Crippen molar-refractivity contribution in [2.45, 2.75) is 11.4 Å². The third kappa shape index (κ3) is 3.67. The van der Waals surface area contributed by atoms with E-state index in [1.165, 1.54) is 11.8 Å². The summed E-state index contributed by atoms with van der Waals surface area (Å²) in [7, 11) is 2.01. The van der Waals surface area contributed by atoms with Crippen LogP contribution in [0.1, 0.15) is 5.56 Å². The molecule has 0 N–H and O–H groups in total. The fraction of sp³-hybridized carbons (Fsp3) is 0.0741. The normalized spacial score (nSPS) is 18.9. The van der Waals surface area contributed by atoms with Gasteiger partial charge in [-0.3, -0.25) is 9.69 Å². The molecule has 0 spiro atoms. The predicted octanol–water partition coefficient (Wildman–Crippen LogP) is 6.41. The Labute approximate surface area is 206 Å². The van der Waals surface area contributed by atoms with Crippen molar-refractivity contribution >= 4 is 56.9 Å². The number of hydrogen-bond acceptors (Lipinski definition) is 6. The molecule has 1 aromatic heterocycles. The molecule has 1 saturated heterocycles. The molecule has 3 aromatic carbocycles. The number of amidine groups is 1. The molecule has 34 heavy (non-hydrogen) atoms. The van der Waals surface area contributed by atoms with Gasteiger partial charge >= 0.3 is 0 Å². The molecule has 0 aliphatic carbocycles. The number of hydrogen-bond donors (Lipinski definition) is 0. The number of amides is 1. The first-order chi connectivity index (χ1) is 16.7. The number of para-hydroxylation sites is 1. The fourth-order valence-corrected chi connectivity index (χ4v) is 6.43. The maximum atomic E-state index is 13.8. The van der Waals surface area contributed by atoms with E-state index in [-0.39, 0.29) is 5.91 Å². The highest BCUT2D eigenvalue weighted by Crippen LogP contribution is 2.50. The van der Waals surface area contributed by atoms with Crippen LogP contribution in [0.5, 0.6) is 0 Å². The van der Waals surface area contributed by atoms with E-state index in [0.29, 0.717) is 22.4 Å². The molecule has 0 saturated carbocycles. The maximum absolute atomic E-state index is 13.8. The first kappa shape index (κ1) is 21.0. The molecule has 166 valence electrons.